The van der Waals surface area contributed by atoms with Crippen LogP contribution >= 0.6 is 11.3 Å². The number of nitrogens with zero attached hydrogens (tertiary/aromatic N) is 3. The van der Waals surface area contributed by atoms with Crippen molar-refractivity contribution in [3.05, 3.63) is 67.9 Å². The summed E-state index contributed by atoms with van der Waals surface area (Å²) in [7, 11) is 2.91. The zero-order valence-corrected chi connectivity index (χ0v) is 21.4. The third kappa shape index (κ3) is 4.44. The molecule has 5 rings (SSSR count). The first-order valence-corrected chi connectivity index (χ1v) is 12.9. The number of hydrogen-bond acceptors (Lipinski definition) is 8. The van der Waals surface area contributed by atoms with E-state index in [1.807, 2.05) is 0 Å². The minimum Gasteiger partial charge on any atom is -0.465 e. The number of thiophene rings is 1. The van der Waals surface area contributed by atoms with Crippen molar-refractivity contribution >= 4 is 44.9 Å². The number of fused-ring (bicyclic) bond motifs is 3. The van der Waals surface area contributed by atoms with Crippen LogP contribution in [0.5, 0.6) is 0 Å². The van der Waals surface area contributed by atoms with Crippen molar-refractivity contribution in [2.45, 2.75) is 38.6 Å². The van der Waals surface area contributed by atoms with E-state index in [1.165, 1.54) is 28.9 Å². The highest BCUT2D eigenvalue weighted by molar-refractivity contribution is 7.17. The zero-order chi connectivity index (χ0) is 26.1. The van der Waals surface area contributed by atoms with Crippen LogP contribution in [0, 0.1) is 5.41 Å². The SMILES string of the molecule is COCCCn1c(=N)c(C(=O)Nc2sc3c(c2C(=O)OC)CCCC3)cc2c(=O)n3ccccc3nc21. The maximum absolute atomic E-state index is 13.6. The van der Waals surface area contributed by atoms with Crippen molar-refractivity contribution in [1.82, 2.24) is 14.0 Å². The number of carbonyl (C=O) groups excluding carboxylic acids is 2. The molecule has 192 valence electrons. The first kappa shape index (κ1) is 24.8. The average Bonchev–Trinajstić information content (AvgIpc) is 3.27. The predicted molar refractivity (Wildman–Crippen MR) is 140 cm³/mol. The molecule has 0 saturated heterocycles. The number of aromatic nitrogens is 3. The quantitative estimate of drug-likeness (QED) is 0.219. The van der Waals surface area contributed by atoms with Crippen molar-refractivity contribution in [2.24, 2.45) is 0 Å². The molecule has 0 aliphatic heterocycles. The molecule has 0 aromatic carbocycles. The van der Waals surface area contributed by atoms with Gasteiger partial charge in [-0.05, 0) is 55.9 Å². The Morgan fingerprint density at radius 2 is 2.03 bits per heavy atom. The Labute approximate surface area is 216 Å². The Kier molecular flexibility index (Phi) is 6.90. The second-order valence-corrected chi connectivity index (χ2v) is 9.95. The lowest BCUT2D eigenvalue weighted by atomic mass is 9.95. The van der Waals surface area contributed by atoms with E-state index in [0.717, 1.165) is 36.1 Å². The van der Waals surface area contributed by atoms with E-state index in [0.29, 0.717) is 41.4 Å². The highest BCUT2D eigenvalue weighted by atomic mass is 32.1. The van der Waals surface area contributed by atoms with Crippen LogP contribution in [0.1, 0.15) is 50.4 Å². The Morgan fingerprint density at radius 1 is 1.22 bits per heavy atom. The molecule has 11 heteroatoms. The summed E-state index contributed by atoms with van der Waals surface area (Å²) in [6, 6.07) is 6.65. The van der Waals surface area contributed by atoms with E-state index in [2.05, 4.69) is 10.3 Å². The zero-order valence-electron chi connectivity index (χ0n) is 20.6. The number of esters is 1. The molecule has 0 radical (unpaired) electrons. The van der Waals surface area contributed by atoms with Gasteiger partial charge in [0.2, 0.25) is 0 Å². The molecule has 0 atom stereocenters. The Bertz CT molecular complexity index is 1650. The molecule has 1 aliphatic rings. The molecular formula is C26H27N5O5S. The second-order valence-electron chi connectivity index (χ2n) is 8.85. The van der Waals surface area contributed by atoms with Crippen molar-refractivity contribution in [1.29, 1.82) is 5.41 Å². The third-order valence-corrected chi connectivity index (χ3v) is 7.79. The van der Waals surface area contributed by atoms with Crippen LogP contribution in [-0.4, -0.2) is 46.7 Å². The Hall–Kier alpha value is -3.83. The summed E-state index contributed by atoms with van der Waals surface area (Å²) in [5.41, 5.74) is 1.68. The van der Waals surface area contributed by atoms with Crippen LogP contribution in [0.3, 0.4) is 0 Å². The predicted octanol–water partition coefficient (Wildman–Crippen LogP) is 3.14. The Morgan fingerprint density at radius 3 is 2.81 bits per heavy atom. The molecule has 0 fully saturated rings. The van der Waals surface area contributed by atoms with E-state index in [1.54, 1.807) is 36.1 Å². The fourth-order valence-electron chi connectivity index (χ4n) is 4.79. The molecule has 4 aromatic heterocycles. The number of nitrogens with one attached hydrogen (secondary N) is 2. The van der Waals surface area contributed by atoms with Gasteiger partial charge in [0.05, 0.1) is 23.6 Å². The standard InChI is InChI=1S/C26H27N5O5S/c1-35-13-7-12-31-21(27)16(14-17-22(31)28-19-10-5-6-11-30(19)25(17)33)23(32)29-24-20(26(34)36-2)15-8-3-4-9-18(15)37-24/h5-6,10-11,14,27H,3-4,7-9,12-13H2,1-2H3,(H,29,32). The third-order valence-electron chi connectivity index (χ3n) is 6.58. The van der Waals surface area contributed by atoms with Crippen molar-refractivity contribution in [3.63, 3.8) is 0 Å². The minimum atomic E-state index is -0.575. The van der Waals surface area contributed by atoms with Gasteiger partial charge in [-0.25, -0.2) is 9.78 Å². The minimum absolute atomic E-state index is 0.0156. The lowest BCUT2D eigenvalue weighted by Crippen LogP contribution is -2.32. The van der Waals surface area contributed by atoms with Crippen molar-refractivity contribution in [2.75, 3.05) is 26.1 Å². The van der Waals surface area contributed by atoms with E-state index < -0.39 is 11.9 Å². The summed E-state index contributed by atoms with van der Waals surface area (Å²) in [6.45, 7) is 0.778. The molecule has 0 unspecified atom stereocenters. The number of aryl methyl sites for hydroxylation is 2. The van der Waals surface area contributed by atoms with Gasteiger partial charge in [0.25, 0.3) is 11.5 Å². The lowest BCUT2D eigenvalue weighted by Gasteiger charge is -2.15. The van der Waals surface area contributed by atoms with Gasteiger partial charge in [0.15, 0.2) is 0 Å². The van der Waals surface area contributed by atoms with Crippen LogP contribution in [0.25, 0.3) is 16.7 Å². The molecule has 4 aromatic rings. The Balaban J connectivity index is 1.65. The first-order valence-electron chi connectivity index (χ1n) is 12.1. The van der Waals surface area contributed by atoms with Crippen LogP contribution in [0.2, 0.25) is 0 Å². The van der Waals surface area contributed by atoms with E-state index in [-0.39, 0.29) is 22.0 Å². The van der Waals surface area contributed by atoms with Gasteiger partial charge in [0.1, 0.15) is 21.8 Å². The summed E-state index contributed by atoms with van der Waals surface area (Å²) >= 11 is 1.37. The van der Waals surface area contributed by atoms with Crippen molar-refractivity contribution < 1.29 is 19.1 Å². The number of pyridine rings is 2. The molecule has 2 N–H and O–H groups in total. The van der Waals surface area contributed by atoms with Crippen molar-refractivity contribution in [3.8, 4) is 0 Å². The van der Waals surface area contributed by atoms with Crippen LogP contribution in [0.4, 0.5) is 5.00 Å². The highest BCUT2D eigenvalue weighted by Crippen LogP contribution is 2.38. The smallest absolute Gasteiger partial charge is 0.341 e. The molecule has 0 bridgehead atoms. The van der Waals surface area contributed by atoms with Crippen LogP contribution in [-0.2, 0) is 28.9 Å². The van der Waals surface area contributed by atoms with E-state index in [9.17, 15) is 14.4 Å². The molecule has 0 spiro atoms. The highest BCUT2D eigenvalue weighted by Gasteiger charge is 2.28. The lowest BCUT2D eigenvalue weighted by molar-refractivity contribution is 0.0601. The number of rotatable bonds is 7. The summed E-state index contributed by atoms with van der Waals surface area (Å²) in [5, 5.41) is 12.3. The molecule has 1 amide bonds. The summed E-state index contributed by atoms with van der Waals surface area (Å²) < 4.78 is 13.2. The monoisotopic (exact) mass is 521 g/mol. The second kappa shape index (κ2) is 10.3. The molecule has 10 nitrogen and oxygen atoms in total. The molecule has 4 heterocycles. The largest absolute Gasteiger partial charge is 0.465 e. The van der Waals surface area contributed by atoms with Gasteiger partial charge in [-0.1, -0.05) is 6.07 Å². The molecule has 0 saturated carbocycles. The summed E-state index contributed by atoms with van der Waals surface area (Å²) in [6.07, 6.45) is 5.76. The number of ether oxygens (including phenoxy) is 2. The maximum atomic E-state index is 13.6. The number of amides is 1. The topological polar surface area (TPSA) is 128 Å². The molecule has 37 heavy (non-hydrogen) atoms. The number of methoxy groups -OCH3 is 2. The van der Waals surface area contributed by atoms with Crippen LogP contribution in [0.15, 0.2) is 35.3 Å². The van der Waals surface area contributed by atoms with Crippen LogP contribution < -0.4 is 16.4 Å². The fraction of sp³-hybridized carbons (Fsp3) is 0.346. The van der Waals surface area contributed by atoms with Gasteiger partial charge in [-0.15, -0.1) is 11.3 Å². The number of carbonyl (C=O) groups is 2. The average molecular weight is 522 g/mol. The van der Waals surface area contributed by atoms with Gasteiger partial charge in [0, 0.05) is 31.3 Å². The summed E-state index contributed by atoms with van der Waals surface area (Å²) in [5.74, 6) is -1.07. The van der Waals surface area contributed by atoms with Gasteiger partial charge >= 0.3 is 5.97 Å². The van der Waals surface area contributed by atoms with E-state index >= 15 is 0 Å². The number of anilines is 1. The first-order chi connectivity index (χ1) is 17.9. The van der Waals surface area contributed by atoms with Gasteiger partial charge in [-0.3, -0.25) is 19.4 Å². The maximum Gasteiger partial charge on any atom is 0.341 e. The fourth-order valence-corrected chi connectivity index (χ4v) is 6.06. The number of hydrogen-bond donors (Lipinski definition) is 2. The van der Waals surface area contributed by atoms with E-state index in [4.69, 9.17) is 14.9 Å². The summed E-state index contributed by atoms with van der Waals surface area (Å²) in [4.78, 5) is 45.2. The normalized spacial score (nSPS) is 13.0. The molecule has 1 aliphatic carbocycles. The molecular weight excluding hydrogens is 494 g/mol. The van der Waals surface area contributed by atoms with Gasteiger partial charge in [-0.2, -0.15) is 0 Å². The van der Waals surface area contributed by atoms with Gasteiger partial charge < -0.3 is 19.4 Å².